The van der Waals surface area contributed by atoms with Crippen LogP contribution in [-0.4, -0.2) is 29.6 Å². The van der Waals surface area contributed by atoms with Gasteiger partial charge in [-0.1, -0.05) is 49.4 Å². The van der Waals surface area contributed by atoms with E-state index in [1.165, 1.54) is 5.56 Å². The highest BCUT2D eigenvalue weighted by molar-refractivity contribution is 7.99. The van der Waals surface area contributed by atoms with Crippen molar-refractivity contribution in [2.24, 2.45) is 5.92 Å². The van der Waals surface area contributed by atoms with Gasteiger partial charge in [-0.2, -0.15) is 0 Å². The molecule has 0 spiro atoms. The standard InChI is InChI=1S/C21H25NOS/c1-2-24-20-11-7-6-10-19(20)21(23)22-14-12-18(13-15-22)16-17-8-4-3-5-9-17/h3-11,18H,2,12-16H2,1H3. The van der Waals surface area contributed by atoms with E-state index in [-0.39, 0.29) is 5.91 Å². The van der Waals surface area contributed by atoms with E-state index in [1.807, 2.05) is 23.1 Å². The average molecular weight is 340 g/mol. The van der Waals surface area contributed by atoms with Crippen LogP contribution in [0.4, 0.5) is 0 Å². The second kappa shape index (κ2) is 8.39. The lowest BCUT2D eigenvalue weighted by molar-refractivity contribution is 0.0687. The quantitative estimate of drug-likeness (QED) is 0.723. The summed E-state index contributed by atoms with van der Waals surface area (Å²) in [5, 5.41) is 0. The highest BCUT2D eigenvalue weighted by Crippen LogP contribution is 2.27. The molecule has 1 heterocycles. The van der Waals surface area contributed by atoms with Crippen molar-refractivity contribution >= 4 is 17.7 Å². The number of rotatable bonds is 5. The zero-order valence-corrected chi connectivity index (χ0v) is 15.1. The van der Waals surface area contributed by atoms with E-state index in [2.05, 4.69) is 43.3 Å². The number of hydrogen-bond acceptors (Lipinski definition) is 2. The van der Waals surface area contributed by atoms with Gasteiger partial charge in [-0.3, -0.25) is 4.79 Å². The van der Waals surface area contributed by atoms with Gasteiger partial charge in [0.2, 0.25) is 0 Å². The van der Waals surface area contributed by atoms with Crippen molar-refractivity contribution in [1.29, 1.82) is 0 Å². The molecular formula is C21H25NOS. The molecule has 126 valence electrons. The Labute approximate surface area is 149 Å². The summed E-state index contributed by atoms with van der Waals surface area (Å²) in [7, 11) is 0. The molecule has 1 saturated heterocycles. The molecule has 3 rings (SSSR count). The van der Waals surface area contributed by atoms with E-state index in [4.69, 9.17) is 0 Å². The van der Waals surface area contributed by atoms with E-state index in [1.54, 1.807) is 11.8 Å². The van der Waals surface area contributed by atoms with Crippen LogP contribution in [-0.2, 0) is 6.42 Å². The fraction of sp³-hybridized carbons (Fsp3) is 0.381. The van der Waals surface area contributed by atoms with Crippen LogP contribution in [0.3, 0.4) is 0 Å². The lowest BCUT2D eigenvalue weighted by Crippen LogP contribution is -2.39. The Morgan fingerprint density at radius 1 is 1.04 bits per heavy atom. The summed E-state index contributed by atoms with van der Waals surface area (Å²) in [5.74, 6) is 1.88. The van der Waals surface area contributed by atoms with Crippen LogP contribution in [0.1, 0.15) is 35.7 Å². The summed E-state index contributed by atoms with van der Waals surface area (Å²) in [5.41, 5.74) is 2.28. The number of piperidine rings is 1. The molecule has 0 unspecified atom stereocenters. The van der Waals surface area contributed by atoms with Crippen LogP contribution < -0.4 is 0 Å². The number of likely N-dealkylation sites (tertiary alicyclic amines) is 1. The van der Waals surface area contributed by atoms with Crippen molar-refractivity contribution in [3.8, 4) is 0 Å². The van der Waals surface area contributed by atoms with Gasteiger partial charge in [0.1, 0.15) is 0 Å². The van der Waals surface area contributed by atoms with Crippen molar-refractivity contribution in [3.63, 3.8) is 0 Å². The normalized spacial score (nSPS) is 15.5. The third kappa shape index (κ3) is 4.21. The molecule has 0 saturated carbocycles. The molecule has 0 aliphatic carbocycles. The second-order valence-electron chi connectivity index (χ2n) is 6.35. The predicted octanol–water partition coefficient (Wildman–Crippen LogP) is 4.89. The zero-order valence-electron chi connectivity index (χ0n) is 14.3. The van der Waals surface area contributed by atoms with Gasteiger partial charge in [0.25, 0.3) is 5.91 Å². The van der Waals surface area contributed by atoms with Crippen LogP contribution in [0.15, 0.2) is 59.5 Å². The predicted molar refractivity (Wildman–Crippen MR) is 102 cm³/mol. The molecule has 2 nitrogen and oxygen atoms in total. The van der Waals surface area contributed by atoms with Crippen molar-refractivity contribution in [2.75, 3.05) is 18.8 Å². The summed E-state index contributed by atoms with van der Waals surface area (Å²) >= 11 is 1.75. The molecule has 1 amide bonds. The summed E-state index contributed by atoms with van der Waals surface area (Å²) in [6.07, 6.45) is 3.33. The van der Waals surface area contributed by atoms with Crippen LogP contribution >= 0.6 is 11.8 Å². The first kappa shape index (κ1) is 17.1. The van der Waals surface area contributed by atoms with Gasteiger partial charge >= 0.3 is 0 Å². The van der Waals surface area contributed by atoms with E-state index in [0.717, 1.165) is 48.6 Å². The van der Waals surface area contributed by atoms with Gasteiger partial charge in [0, 0.05) is 18.0 Å². The lowest BCUT2D eigenvalue weighted by atomic mass is 9.90. The van der Waals surface area contributed by atoms with Crippen molar-refractivity contribution < 1.29 is 4.79 Å². The molecular weight excluding hydrogens is 314 g/mol. The molecule has 1 aliphatic heterocycles. The van der Waals surface area contributed by atoms with E-state index < -0.39 is 0 Å². The maximum Gasteiger partial charge on any atom is 0.254 e. The first-order chi connectivity index (χ1) is 11.8. The Kier molecular flexibility index (Phi) is 5.97. The number of carbonyl (C=O) groups excluding carboxylic acids is 1. The minimum atomic E-state index is 0.199. The Hall–Kier alpha value is -1.74. The molecule has 24 heavy (non-hydrogen) atoms. The summed E-state index contributed by atoms with van der Waals surface area (Å²) < 4.78 is 0. The molecule has 1 fully saturated rings. The summed E-state index contributed by atoms with van der Waals surface area (Å²) in [4.78, 5) is 16.0. The molecule has 0 atom stereocenters. The highest BCUT2D eigenvalue weighted by atomic mass is 32.2. The van der Waals surface area contributed by atoms with Crippen LogP contribution in [0.25, 0.3) is 0 Å². The number of amides is 1. The topological polar surface area (TPSA) is 20.3 Å². The Morgan fingerprint density at radius 2 is 1.71 bits per heavy atom. The average Bonchev–Trinajstić information content (AvgIpc) is 2.63. The Balaban J connectivity index is 1.59. The highest BCUT2D eigenvalue weighted by Gasteiger charge is 2.25. The van der Waals surface area contributed by atoms with Gasteiger partial charge < -0.3 is 4.90 Å². The second-order valence-corrected chi connectivity index (χ2v) is 7.66. The Bertz CT molecular complexity index is 663. The molecule has 3 heteroatoms. The van der Waals surface area contributed by atoms with Crippen molar-refractivity contribution in [1.82, 2.24) is 4.90 Å². The first-order valence-electron chi connectivity index (χ1n) is 8.83. The SMILES string of the molecule is CCSc1ccccc1C(=O)N1CCC(Cc2ccccc2)CC1. The minimum absolute atomic E-state index is 0.199. The molecule has 2 aromatic rings. The first-order valence-corrected chi connectivity index (χ1v) is 9.81. The molecule has 0 radical (unpaired) electrons. The number of nitrogens with zero attached hydrogens (tertiary/aromatic N) is 1. The van der Waals surface area contributed by atoms with Crippen molar-refractivity contribution in [3.05, 3.63) is 65.7 Å². The Morgan fingerprint density at radius 3 is 2.42 bits per heavy atom. The number of benzene rings is 2. The summed E-state index contributed by atoms with van der Waals surface area (Å²) in [6, 6.07) is 18.7. The number of thioether (sulfide) groups is 1. The van der Waals surface area contributed by atoms with Crippen LogP contribution in [0.2, 0.25) is 0 Å². The molecule has 1 aliphatic rings. The lowest BCUT2D eigenvalue weighted by Gasteiger charge is -2.32. The van der Waals surface area contributed by atoms with Gasteiger partial charge in [0.15, 0.2) is 0 Å². The third-order valence-electron chi connectivity index (χ3n) is 4.69. The van der Waals surface area contributed by atoms with Gasteiger partial charge in [-0.15, -0.1) is 11.8 Å². The molecule has 0 bridgehead atoms. The number of hydrogen-bond donors (Lipinski definition) is 0. The third-order valence-corrected chi connectivity index (χ3v) is 5.64. The summed E-state index contributed by atoms with van der Waals surface area (Å²) in [6.45, 7) is 3.88. The van der Waals surface area contributed by atoms with E-state index in [0.29, 0.717) is 5.92 Å². The molecule has 0 N–H and O–H groups in total. The maximum atomic E-state index is 12.9. The smallest absolute Gasteiger partial charge is 0.254 e. The van der Waals surface area contributed by atoms with E-state index in [9.17, 15) is 4.79 Å². The molecule has 2 aromatic carbocycles. The zero-order chi connectivity index (χ0) is 16.8. The van der Waals surface area contributed by atoms with Gasteiger partial charge in [-0.05, 0) is 48.6 Å². The largest absolute Gasteiger partial charge is 0.339 e. The fourth-order valence-electron chi connectivity index (χ4n) is 3.38. The maximum absolute atomic E-state index is 12.9. The van der Waals surface area contributed by atoms with Crippen LogP contribution in [0.5, 0.6) is 0 Å². The van der Waals surface area contributed by atoms with Gasteiger partial charge in [0.05, 0.1) is 5.56 Å². The van der Waals surface area contributed by atoms with Gasteiger partial charge in [-0.25, -0.2) is 0 Å². The fourth-order valence-corrected chi connectivity index (χ4v) is 4.18. The van der Waals surface area contributed by atoms with Crippen molar-refractivity contribution in [2.45, 2.75) is 31.1 Å². The monoisotopic (exact) mass is 339 g/mol. The molecule has 0 aromatic heterocycles. The van der Waals surface area contributed by atoms with Crippen LogP contribution in [0, 0.1) is 5.92 Å². The minimum Gasteiger partial charge on any atom is -0.339 e. The number of carbonyl (C=O) groups is 1. The van der Waals surface area contributed by atoms with E-state index >= 15 is 0 Å².